The highest BCUT2D eigenvalue weighted by Gasteiger charge is 2.32. The van der Waals surface area contributed by atoms with Gasteiger partial charge in [-0.15, -0.1) is 5.10 Å². The minimum Gasteiger partial charge on any atom is -0.550 e. The molecule has 2 rings (SSSR count). The van der Waals surface area contributed by atoms with E-state index in [0.717, 1.165) is 11.8 Å². The lowest BCUT2D eigenvalue weighted by atomic mass is 10.2. The van der Waals surface area contributed by atoms with Gasteiger partial charge in [-0.25, -0.2) is 0 Å². The summed E-state index contributed by atoms with van der Waals surface area (Å²) in [4.78, 5) is 33.8. The number of aliphatic carboxylic acids is 1. The van der Waals surface area contributed by atoms with Gasteiger partial charge in [0.15, 0.2) is 5.17 Å². The first-order valence-electron chi connectivity index (χ1n) is 7.13. The molecular formula is C14H15N4O5S-. The molecule has 0 spiro atoms. The summed E-state index contributed by atoms with van der Waals surface area (Å²) < 4.78 is 5.05. The van der Waals surface area contributed by atoms with E-state index in [1.807, 2.05) is 0 Å². The van der Waals surface area contributed by atoms with Crippen molar-refractivity contribution in [1.29, 1.82) is 0 Å². The number of thioether (sulfide) groups is 1. The third kappa shape index (κ3) is 5.88. The monoisotopic (exact) mass is 351 g/mol. The zero-order valence-electron chi connectivity index (χ0n) is 12.6. The maximum atomic E-state index is 11.8. The number of carboxylic acid groups (broad SMARTS) is 1. The standard InChI is InChI=1S/C14H16N4O5S/c19-11(15-5-1-4-12(20)21)7-10-13(22)17-14(24-10)18-16-8-9-3-2-6-23-9/h2-3,6,8,10H,1,4-5,7H2,(H,15,19)(H,20,21)(H,17,18,22)/p-1/b16-8-/t10-/m1/s1. The number of carbonyl (C=O) groups excluding carboxylic acids is 3. The van der Waals surface area contributed by atoms with Crippen LogP contribution in [0.15, 0.2) is 33.0 Å². The molecule has 128 valence electrons. The molecule has 1 aromatic rings. The second kappa shape index (κ2) is 8.87. The summed E-state index contributed by atoms with van der Waals surface area (Å²) in [5.74, 6) is -1.29. The summed E-state index contributed by atoms with van der Waals surface area (Å²) in [6, 6.07) is 3.42. The molecule has 2 amide bonds. The van der Waals surface area contributed by atoms with Crippen LogP contribution in [0.3, 0.4) is 0 Å². The Kier molecular flexibility index (Phi) is 6.55. The number of carbonyl (C=O) groups is 3. The third-order valence-electron chi connectivity index (χ3n) is 2.90. The Morgan fingerprint density at radius 3 is 3.04 bits per heavy atom. The van der Waals surface area contributed by atoms with E-state index in [4.69, 9.17) is 4.42 Å². The van der Waals surface area contributed by atoms with E-state index in [0.29, 0.717) is 10.9 Å². The molecular weight excluding hydrogens is 336 g/mol. The summed E-state index contributed by atoms with van der Waals surface area (Å²) in [5, 5.41) is 22.7. The molecule has 0 bridgehead atoms. The van der Waals surface area contributed by atoms with E-state index in [9.17, 15) is 19.5 Å². The van der Waals surface area contributed by atoms with Gasteiger partial charge in [0.2, 0.25) is 11.8 Å². The highest BCUT2D eigenvalue weighted by molar-refractivity contribution is 8.15. The van der Waals surface area contributed by atoms with Crippen molar-refractivity contribution in [2.45, 2.75) is 24.5 Å². The fourth-order valence-corrected chi connectivity index (χ4v) is 2.71. The van der Waals surface area contributed by atoms with Crippen LogP contribution in [-0.2, 0) is 14.4 Å². The van der Waals surface area contributed by atoms with E-state index in [1.165, 1.54) is 12.5 Å². The van der Waals surface area contributed by atoms with Gasteiger partial charge in [-0.05, 0) is 25.0 Å². The molecule has 1 aliphatic rings. The van der Waals surface area contributed by atoms with Crippen LogP contribution in [0.4, 0.5) is 0 Å². The summed E-state index contributed by atoms with van der Waals surface area (Å²) in [7, 11) is 0. The van der Waals surface area contributed by atoms with E-state index in [-0.39, 0.29) is 37.6 Å². The van der Waals surface area contributed by atoms with Crippen LogP contribution in [0.1, 0.15) is 25.0 Å². The molecule has 1 aliphatic heterocycles. The molecule has 24 heavy (non-hydrogen) atoms. The number of hydrogen-bond donors (Lipinski definition) is 2. The number of amides is 2. The number of nitrogens with zero attached hydrogens (tertiary/aromatic N) is 2. The van der Waals surface area contributed by atoms with Crippen molar-refractivity contribution in [3.63, 3.8) is 0 Å². The quantitative estimate of drug-likeness (QED) is 0.359. The number of hydrogen-bond acceptors (Lipinski definition) is 8. The lowest BCUT2D eigenvalue weighted by Gasteiger charge is -2.07. The van der Waals surface area contributed by atoms with Gasteiger partial charge in [0.05, 0.1) is 12.5 Å². The van der Waals surface area contributed by atoms with E-state index in [2.05, 4.69) is 20.8 Å². The van der Waals surface area contributed by atoms with Crippen LogP contribution in [-0.4, -0.2) is 41.0 Å². The van der Waals surface area contributed by atoms with Crippen molar-refractivity contribution in [2.75, 3.05) is 6.54 Å². The Balaban J connectivity index is 1.75. The first-order valence-corrected chi connectivity index (χ1v) is 8.01. The van der Waals surface area contributed by atoms with Gasteiger partial charge in [0.1, 0.15) is 11.0 Å². The van der Waals surface area contributed by atoms with Crippen molar-refractivity contribution in [3.05, 3.63) is 24.2 Å². The second-order valence-corrected chi connectivity index (χ2v) is 5.98. The summed E-state index contributed by atoms with van der Waals surface area (Å²) >= 11 is 1.11. The zero-order valence-corrected chi connectivity index (χ0v) is 13.4. The molecule has 1 saturated heterocycles. The highest BCUT2D eigenvalue weighted by Crippen LogP contribution is 2.22. The number of nitrogens with one attached hydrogen (secondary N) is 2. The molecule has 0 radical (unpaired) electrons. The van der Waals surface area contributed by atoms with Gasteiger partial charge in [-0.2, -0.15) is 5.10 Å². The van der Waals surface area contributed by atoms with Gasteiger partial charge in [0.25, 0.3) is 0 Å². The minimum atomic E-state index is -1.16. The van der Waals surface area contributed by atoms with Gasteiger partial charge in [0, 0.05) is 18.9 Å². The Hall–Kier alpha value is -2.62. The van der Waals surface area contributed by atoms with Crippen molar-refractivity contribution in [2.24, 2.45) is 10.2 Å². The Morgan fingerprint density at radius 1 is 1.50 bits per heavy atom. The predicted molar refractivity (Wildman–Crippen MR) is 85.1 cm³/mol. The van der Waals surface area contributed by atoms with Crippen LogP contribution in [0, 0.1) is 0 Å². The van der Waals surface area contributed by atoms with Crippen LogP contribution in [0.2, 0.25) is 0 Å². The fraction of sp³-hybridized carbons (Fsp3) is 0.357. The minimum absolute atomic E-state index is 0.0251. The summed E-state index contributed by atoms with van der Waals surface area (Å²) in [5.41, 5.74) is 0. The largest absolute Gasteiger partial charge is 0.550 e. The molecule has 2 heterocycles. The summed E-state index contributed by atoms with van der Waals surface area (Å²) in [6.45, 7) is 0.222. The predicted octanol–water partition coefficient (Wildman–Crippen LogP) is -0.762. The van der Waals surface area contributed by atoms with Crippen LogP contribution in [0.5, 0.6) is 0 Å². The Morgan fingerprint density at radius 2 is 2.33 bits per heavy atom. The molecule has 2 N–H and O–H groups in total. The molecule has 0 aliphatic carbocycles. The molecule has 0 aromatic carbocycles. The number of furan rings is 1. The Bertz CT molecular complexity index is 656. The van der Waals surface area contributed by atoms with Crippen LogP contribution in [0.25, 0.3) is 0 Å². The molecule has 10 heteroatoms. The van der Waals surface area contributed by atoms with Gasteiger partial charge in [-0.1, -0.05) is 11.8 Å². The smallest absolute Gasteiger partial charge is 0.240 e. The maximum absolute atomic E-state index is 11.8. The van der Waals surface area contributed by atoms with Crippen LogP contribution < -0.4 is 15.7 Å². The lowest BCUT2D eigenvalue weighted by Crippen LogP contribution is -2.32. The molecule has 0 unspecified atom stereocenters. The first kappa shape index (κ1) is 17.7. The number of amidine groups is 1. The molecule has 1 fully saturated rings. The van der Waals surface area contributed by atoms with Crippen molar-refractivity contribution >= 4 is 40.9 Å². The fourth-order valence-electron chi connectivity index (χ4n) is 1.79. The highest BCUT2D eigenvalue weighted by atomic mass is 32.2. The van der Waals surface area contributed by atoms with Crippen molar-refractivity contribution < 1.29 is 23.9 Å². The van der Waals surface area contributed by atoms with Gasteiger partial charge >= 0.3 is 0 Å². The molecule has 0 saturated carbocycles. The summed E-state index contributed by atoms with van der Waals surface area (Å²) in [6.07, 6.45) is 3.04. The van der Waals surface area contributed by atoms with E-state index < -0.39 is 11.2 Å². The second-order valence-electron chi connectivity index (χ2n) is 4.79. The Labute approximate surface area is 141 Å². The van der Waals surface area contributed by atoms with Gasteiger partial charge < -0.3 is 25.0 Å². The van der Waals surface area contributed by atoms with Crippen molar-refractivity contribution in [3.8, 4) is 0 Å². The van der Waals surface area contributed by atoms with Crippen LogP contribution >= 0.6 is 11.8 Å². The zero-order chi connectivity index (χ0) is 17.4. The average Bonchev–Trinajstić information content (AvgIpc) is 3.14. The van der Waals surface area contributed by atoms with E-state index in [1.54, 1.807) is 12.1 Å². The molecule has 9 nitrogen and oxygen atoms in total. The molecule has 1 atom stereocenters. The maximum Gasteiger partial charge on any atom is 0.240 e. The van der Waals surface area contributed by atoms with Gasteiger partial charge in [-0.3, -0.25) is 9.59 Å². The first-order chi connectivity index (χ1) is 11.5. The lowest BCUT2D eigenvalue weighted by molar-refractivity contribution is -0.305. The third-order valence-corrected chi connectivity index (χ3v) is 3.98. The average molecular weight is 351 g/mol. The normalized spacial score (nSPS) is 18.9. The topological polar surface area (TPSA) is 136 Å². The number of rotatable bonds is 8. The SMILES string of the molecule is O=C([O-])CCCNC(=O)C[C@H]1S/C(=N\N=C/c2ccco2)NC1=O. The number of carboxylic acids is 1. The molecule has 1 aromatic heterocycles. The van der Waals surface area contributed by atoms with Crippen molar-refractivity contribution in [1.82, 2.24) is 10.6 Å². The van der Waals surface area contributed by atoms with E-state index >= 15 is 0 Å².